The predicted molar refractivity (Wildman–Crippen MR) is 144 cm³/mol. The molecule has 42 heavy (non-hydrogen) atoms. The van der Waals surface area contributed by atoms with Crippen LogP contribution in [-0.2, 0) is 30.2 Å². The fourth-order valence-electron chi connectivity index (χ4n) is 5.24. The second kappa shape index (κ2) is 14.0. The van der Waals surface area contributed by atoms with Gasteiger partial charge in [-0.25, -0.2) is 4.79 Å². The molecule has 0 bridgehead atoms. The van der Waals surface area contributed by atoms with Crippen molar-refractivity contribution in [2.24, 2.45) is 11.8 Å². The SMILES string of the molecule is C=CC1C(OC2OC(CO)C(O)C(O)C2O)OC=C(C(=O)[O-])C1C=CC1=C[NH+](C(Cc2ccccc2)C(=O)O)CC=C1. The minimum Gasteiger partial charge on any atom is -0.545 e. The van der Waals surface area contributed by atoms with Crippen molar-refractivity contribution in [3.05, 3.63) is 96.5 Å². The standard InChI is InChI=1S/C30H35NO11/c1-2-19-20(11-10-18-9-6-12-31(14-18)22(28(38)39)13-17-7-4-3-5-8-17)21(27(36)37)16-40-29(19)42-30-26(35)25(34)24(33)23(15-32)41-30/h2-11,14,16,19-20,22-26,29-30,32-35H,1,12-13,15H2,(H,36,37)(H,38,39). The molecular weight excluding hydrogens is 550 g/mol. The maximum atomic E-state index is 12.1. The number of rotatable bonds is 11. The van der Waals surface area contributed by atoms with Crippen LogP contribution in [0, 0.1) is 11.8 Å². The lowest BCUT2D eigenvalue weighted by Crippen LogP contribution is -3.13. The minimum absolute atomic E-state index is 0.207. The van der Waals surface area contributed by atoms with E-state index in [0.29, 0.717) is 23.4 Å². The van der Waals surface area contributed by atoms with E-state index in [-0.39, 0.29) is 5.57 Å². The second-order valence-corrected chi connectivity index (χ2v) is 10.3. The van der Waals surface area contributed by atoms with E-state index in [0.717, 1.165) is 11.8 Å². The van der Waals surface area contributed by atoms with E-state index in [1.165, 1.54) is 6.08 Å². The number of ether oxygens (including phenoxy) is 3. The summed E-state index contributed by atoms with van der Waals surface area (Å²) in [5, 5.41) is 61.9. The predicted octanol–water partition coefficient (Wildman–Crippen LogP) is -2.20. The van der Waals surface area contributed by atoms with Gasteiger partial charge in [0.2, 0.25) is 6.29 Å². The van der Waals surface area contributed by atoms with Crippen LogP contribution in [0.4, 0.5) is 0 Å². The van der Waals surface area contributed by atoms with Gasteiger partial charge in [-0.2, -0.15) is 0 Å². The maximum absolute atomic E-state index is 12.1. The van der Waals surface area contributed by atoms with Crippen LogP contribution in [0.15, 0.2) is 90.9 Å². The molecule has 10 atom stereocenters. The lowest BCUT2D eigenvalue weighted by molar-refractivity contribution is -0.859. The highest BCUT2D eigenvalue weighted by Crippen LogP contribution is 2.35. The number of nitrogens with one attached hydrogen (secondary N) is 1. The number of carboxylic acid groups (broad SMARTS) is 2. The van der Waals surface area contributed by atoms with E-state index in [1.807, 2.05) is 36.4 Å². The van der Waals surface area contributed by atoms with Gasteiger partial charge in [0.1, 0.15) is 37.2 Å². The number of carbonyl (C=O) groups excluding carboxylic acids is 1. The molecule has 10 unspecified atom stereocenters. The number of benzene rings is 1. The number of hydrogen-bond acceptors (Lipinski definition) is 10. The number of carboxylic acids is 2. The number of aliphatic hydroxyl groups excluding tert-OH is 4. The Morgan fingerprint density at radius 1 is 1.14 bits per heavy atom. The van der Waals surface area contributed by atoms with E-state index >= 15 is 0 Å². The van der Waals surface area contributed by atoms with Crippen molar-refractivity contribution in [2.75, 3.05) is 13.2 Å². The van der Waals surface area contributed by atoms with Crippen molar-refractivity contribution in [1.29, 1.82) is 0 Å². The summed E-state index contributed by atoms with van der Waals surface area (Å²) in [4.78, 5) is 24.8. The van der Waals surface area contributed by atoms with Gasteiger partial charge in [-0.3, -0.25) is 4.90 Å². The van der Waals surface area contributed by atoms with E-state index in [4.69, 9.17) is 14.2 Å². The van der Waals surface area contributed by atoms with Crippen LogP contribution in [0.5, 0.6) is 0 Å². The van der Waals surface area contributed by atoms with Crippen molar-refractivity contribution < 1.29 is 59.3 Å². The Bertz CT molecular complexity index is 1240. The van der Waals surface area contributed by atoms with E-state index in [1.54, 1.807) is 24.4 Å². The zero-order valence-corrected chi connectivity index (χ0v) is 22.6. The first-order valence-electron chi connectivity index (χ1n) is 13.5. The van der Waals surface area contributed by atoms with Crippen molar-refractivity contribution in [3.63, 3.8) is 0 Å². The quantitative estimate of drug-likeness (QED) is 0.155. The summed E-state index contributed by atoms with van der Waals surface area (Å²) in [6.07, 6.45) is 2.42. The van der Waals surface area contributed by atoms with Crippen LogP contribution < -0.4 is 10.0 Å². The Balaban J connectivity index is 1.54. The molecule has 3 aliphatic heterocycles. The van der Waals surface area contributed by atoms with Crippen molar-refractivity contribution in [2.45, 2.75) is 49.5 Å². The van der Waals surface area contributed by atoms with Crippen LogP contribution >= 0.6 is 0 Å². The monoisotopic (exact) mass is 585 g/mol. The van der Waals surface area contributed by atoms with Gasteiger partial charge < -0.3 is 49.6 Å². The Morgan fingerprint density at radius 3 is 2.52 bits per heavy atom. The smallest absolute Gasteiger partial charge is 0.363 e. The van der Waals surface area contributed by atoms with E-state index in [9.17, 15) is 40.2 Å². The highest BCUT2D eigenvalue weighted by molar-refractivity contribution is 5.85. The summed E-state index contributed by atoms with van der Waals surface area (Å²) < 4.78 is 16.6. The fraction of sp³-hybridized carbons (Fsp3) is 0.400. The first-order valence-corrected chi connectivity index (χ1v) is 13.5. The Morgan fingerprint density at radius 2 is 1.88 bits per heavy atom. The molecule has 0 aromatic heterocycles. The Labute approximate surface area is 242 Å². The average Bonchev–Trinajstić information content (AvgIpc) is 2.99. The van der Waals surface area contributed by atoms with Gasteiger partial charge in [-0.1, -0.05) is 48.6 Å². The molecule has 1 saturated heterocycles. The molecule has 0 aliphatic carbocycles. The second-order valence-electron chi connectivity index (χ2n) is 10.3. The highest BCUT2D eigenvalue weighted by Gasteiger charge is 2.47. The number of hydrogen-bond donors (Lipinski definition) is 6. The van der Waals surface area contributed by atoms with Gasteiger partial charge in [0, 0.05) is 29.4 Å². The topological polar surface area (TPSA) is 190 Å². The fourth-order valence-corrected chi connectivity index (χ4v) is 5.24. The van der Waals surface area contributed by atoms with Crippen molar-refractivity contribution >= 4 is 11.9 Å². The number of allylic oxidation sites excluding steroid dienone is 4. The van der Waals surface area contributed by atoms with Gasteiger partial charge in [0.25, 0.3) is 0 Å². The lowest BCUT2D eigenvalue weighted by atomic mass is 9.83. The first-order chi connectivity index (χ1) is 20.1. The molecule has 4 rings (SSSR count). The van der Waals surface area contributed by atoms with Crippen LogP contribution in [0.25, 0.3) is 0 Å². The molecular formula is C30H35NO11. The molecule has 226 valence electrons. The first kappa shape index (κ1) is 31.3. The average molecular weight is 586 g/mol. The number of aliphatic carboxylic acids is 2. The summed E-state index contributed by atoms with van der Waals surface area (Å²) in [5.74, 6) is -4.16. The van der Waals surface area contributed by atoms with Crippen molar-refractivity contribution in [1.82, 2.24) is 0 Å². The summed E-state index contributed by atoms with van der Waals surface area (Å²) in [7, 11) is 0. The zero-order chi connectivity index (χ0) is 30.4. The molecule has 0 radical (unpaired) electrons. The number of carbonyl (C=O) groups is 2. The van der Waals surface area contributed by atoms with Gasteiger partial charge in [-0.05, 0) is 17.7 Å². The molecule has 3 heterocycles. The lowest BCUT2D eigenvalue weighted by Gasteiger charge is -2.43. The third-order valence-corrected chi connectivity index (χ3v) is 7.58. The Hall–Kier alpha value is -3.62. The van der Waals surface area contributed by atoms with Crippen LogP contribution in [0.3, 0.4) is 0 Å². The van der Waals surface area contributed by atoms with Gasteiger partial charge in [0.05, 0.1) is 18.8 Å². The van der Waals surface area contributed by atoms with Gasteiger partial charge in [0.15, 0.2) is 12.3 Å². The van der Waals surface area contributed by atoms with Gasteiger partial charge >= 0.3 is 5.97 Å². The summed E-state index contributed by atoms with van der Waals surface area (Å²) >= 11 is 0. The highest BCUT2D eigenvalue weighted by atomic mass is 16.8. The molecule has 12 heteroatoms. The summed E-state index contributed by atoms with van der Waals surface area (Å²) in [6.45, 7) is 3.57. The molecule has 0 saturated carbocycles. The molecule has 0 amide bonds. The molecule has 1 aromatic rings. The third kappa shape index (κ3) is 7.05. The minimum atomic E-state index is -1.69. The number of quaternary nitrogens is 1. The normalized spacial score (nSPS) is 33.8. The van der Waals surface area contributed by atoms with Gasteiger partial charge in [-0.15, -0.1) is 6.58 Å². The molecule has 0 spiro atoms. The molecule has 3 aliphatic rings. The molecule has 6 N–H and O–H groups in total. The van der Waals surface area contributed by atoms with E-state index < -0.39 is 73.4 Å². The Kier molecular flexibility index (Phi) is 10.5. The van der Waals surface area contributed by atoms with Crippen LogP contribution in [-0.4, -0.2) is 93.7 Å². The van der Waals surface area contributed by atoms with E-state index in [2.05, 4.69) is 6.58 Å². The molecule has 12 nitrogen and oxygen atoms in total. The number of aliphatic hydroxyl groups is 4. The largest absolute Gasteiger partial charge is 0.545 e. The summed E-state index contributed by atoms with van der Waals surface area (Å²) in [5.41, 5.74) is 1.33. The molecule has 1 aromatic carbocycles. The maximum Gasteiger partial charge on any atom is 0.363 e. The third-order valence-electron chi connectivity index (χ3n) is 7.58. The zero-order valence-electron chi connectivity index (χ0n) is 22.6. The van der Waals surface area contributed by atoms with Crippen LogP contribution in [0.2, 0.25) is 0 Å². The molecule has 1 fully saturated rings. The van der Waals surface area contributed by atoms with Crippen LogP contribution in [0.1, 0.15) is 5.56 Å². The summed E-state index contributed by atoms with van der Waals surface area (Å²) in [6, 6.07) is 8.56. The van der Waals surface area contributed by atoms with Crippen molar-refractivity contribution in [3.8, 4) is 0 Å².